The van der Waals surface area contributed by atoms with E-state index in [4.69, 9.17) is 4.74 Å². The highest BCUT2D eigenvalue weighted by molar-refractivity contribution is 5.84. The quantitative estimate of drug-likeness (QED) is 0.852. The number of carbonyl (C=O) groups is 1. The van der Waals surface area contributed by atoms with E-state index in [-0.39, 0.29) is 25.4 Å². The summed E-state index contributed by atoms with van der Waals surface area (Å²) in [7, 11) is 0. The van der Waals surface area contributed by atoms with Crippen LogP contribution in [0.4, 0.5) is 13.2 Å². The van der Waals surface area contributed by atoms with Gasteiger partial charge < -0.3 is 15.0 Å². The van der Waals surface area contributed by atoms with Crippen LogP contribution in [0.25, 0.3) is 0 Å². The Kier molecular flexibility index (Phi) is 4.59. The van der Waals surface area contributed by atoms with Crippen LogP contribution in [0.2, 0.25) is 0 Å². The Morgan fingerprint density at radius 2 is 2.25 bits per heavy atom. The van der Waals surface area contributed by atoms with E-state index in [2.05, 4.69) is 5.32 Å². The molecular weight excluding hydrogens is 273 g/mol. The summed E-state index contributed by atoms with van der Waals surface area (Å²) in [5.41, 5.74) is -2.25. The fourth-order valence-corrected chi connectivity index (χ4v) is 2.93. The first-order valence-electron chi connectivity index (χ1n) is 7.05. The van der Waals surface area contributed by atoms with Gasteiger partial charge in [0, 0.05) is 32.2 Å². The van der Waals surface area contributed by atoms with Gasteiger partial charge in [-0.1, -0.05) is 0 Å². The molecule has 0 aliphatic carbocycles. The molecule has 2 aliphatic rings. The minimum absolute atomic E-state index is 0.151. The van der Waals surface area contributed by atoms with E-state index in [1.807, 2.05) is 0 Å². The maximum atomic E-state index is 13.4. The highest BCUT2D eigenvalue weighted by Gasteiger charge is 2.62. The summed E-state index contributed by atoms with van der Waals surface area (Å²) in [6.07, 6.45) is -3.87. The molecule has 4 nitrogen and oxygen atoms in total. The molecular formula is C13H21F3N2O2. The third-order valence-corrected chi connectivity index (χ3v) is 4.28. The molecule has 1 amide bonds. The molecule has 2 heterocycles. The molecule has 2 aliphatic heterocycles. The molecule has 0 aromatic carbocycles. The Labute approximate surface area is 116 Å². The lowest BCUT2D eigenvalue weighted by atomic mass is 9.84. The third-order valence-electron chi connectivity index (χ3n) is 4.28. The average molecular weight is 294 g/mol. The minimum atomic E-state index is -4.51. The minimum Gasteiger partial charge on any atom is -0.381 e. The zero-order valence-electron chi connectivity index (χ0n) is 11.6. The molecule has 2 rings (SSSR count). The number of hydrogen-bond acceptors (Lipinski definition) is 3. The summed E-state index contributed by atoms with van der Waals surface area (Å²) in [6, 6.07) is 0. The van der Waals surface area contributed by atoms with E-state index in [0.29, 0.717) is 26.3 Å². The van der Waals surface area contributed by atoms with Crippen LogP contribution in [0.5, 0.6) is 0 Å². The molecule has 0 aromatic rings. The Hall–Kier alpha value is -0.820. The summed E-state index contributed by atoms with van der Waals surface area (Å²) in [6.45, 7) is 3.45. The van der Waals surface area contributed by atoms with Crippen molar-refractivity contribution < 1.29 is 22.7 Å². The number of nitrogens with one attached hydrogen (secondary N) is 1. The molecule has 2 saturated heterocycles. The zero-order valence-corrected chi connectivity index (χ0v) is 11.6. The first-order chi connectivity index (χ1) is 9.40. The van der Waals surface area contributed by atoms with E-state index in [1.165, 1.54) is 4.90 Å². The van der Waals surface area contributed by atoms with Crippen LogP contribution in [-0.2, 0) is 9.53 Å². The predicted octanol–water partition coefficient (Wildman–Crippen LogP) is 1.41. The Bertz CT molecular complexity index is 348. The van der Waals surface area contributed by atoms with Gasteiger partial charge in [0.05, 0.1) is 6.61 Å². The molecule has 7 heteroatoms. The first kappa shape index (κ1) is 15.6. The monoisotopic (exact) mass is 294 g/mol. The van der Waals surface area contributed by atoms with Gasteiger partial charge >= 0.3 is 6.18 Å². The molecule has 1 N–H and O–H groups in total. The molecule has 116 valence electrons. The van der Waals surface area contributed by atoms with Gasteiger partial charge in [0.15, 0.2) is 5.41 Å². The fraction of sp³-hybridized carbons (Fsp3) is 0.923. The van der Waals surface area contributed by atoms with E-state index < -0.39 is 17.5 Å². The summed E-state index contributed by atoms with van der Waals surface area (Å²) in [4.78, 5) is 13.8. The lowest BCUT2D eigenvalue weighted by Crippen LogP contribution is -2.54. The van der Waals surface area contributed by atoms with Crippen LogP contribution in [0, 0.1) is 11.3 Å². The number of nitrogens with zero attached hydrogens (tertiary/aromatic N) is 1. The first-order valence-corrected chi connectivity index (χ1v) is 7.05. The van der Waals surface area contributed by atoms with Gasteiger partial charge in [-0.2, -0.15) is 13.2 Å². The van der Waals surface area contributed by atoms with Crippen LogP contribution in [-0.4, -0.2) is 56.4 Å². The van der Waals surface area contributed by atoms with Crippen LogP contribution >= 0.6 is 0 Å². The number of amides is 1. The van der Waals surface area contributed by atoms with Crippen molar-refractivity contribution in [3.63, 3.8) is 0 Å². The summed E-state index contributed by atoms with van der Waals surface area (Å²) < 4.78 is 45.3. The van der Waals surface area contributed by atoms with Gasteiger partial charge in [-0.05, 0) is 26.3 Å². The van der Waals surface area contributed by atoms with E-state index in [0.717, 1.165) is 6.42 Å². The third kappa shape index (κ3) is 2.79. The fourth-order valence-electron chi connectivity index (χ4n) is 2.93. The second-order valence-electron chi connectivity index (χ2n) is 5.58. The van der Waals surface area contributed by atoms with Crippen molar-refractivity contribution in [2.45, 2.75) is 25.9 Å². The average Bonchev–Trinajstić information content (AvgIpc) is 3.05. The van der Waals surface area contributed by atoms with E-state index >= 15 is 0 Å². The molecule has 0 radical (unpaired) electrons. The number of carbonyl (C=O) groups excluding carboxylic acids is 1. The highest BCUT2D eigenvalue weighted by Crippen LogP contribution is 2.44. The van der Waals surface area contributed by atoms with Gasteiger partial charge in [-0.3, -0.25) is 4.79 Å². The second kappa shape index (κ2) is 5.89. The van der Waals surface area contributed by atoms with Gasteiger partial charge in [0.2, 0.25) is 5.91 Å². The molecule has 2 fully saturated rings. The molecule has 0 aromatic heterocycles. The van der Waals surface area contributed by atoms with Gasteiger partial charge in [-0.15, -0.1) is 0 Å². The number of rotatable bonds is 4. The predicted molar refractivity (Wildman–Crippen MR) is 67.2 cm³/mol. The number of alkyl halides is 3. The maximum absolute atomic E-state index is 13.4. The lowest BCUT2D eigenvalue weighted by molar-refractivity contribution is -0.221. The summed E-state index contributed by atoms with van der Waals surface area (Å²) in [5, 5.41) is 2.68. The Morgan fingerprint density at radius 1 is 1.50 bits per heavy atom. The van der Waals surface area contributed by atoms with E-state index in [1.54, 1.807) is 6.92 Å². The summed E-state index contributed by atoms with van der Waals surface area (Å²) in [5.74, 6) is -0.636. The molecule has 2 unspecified atom stereocenters. The lowest BCUT2D eigenvalue weighted by Gasteiger charge is -2.35. The van der Waals surface area contributed by atoms with Crippen molar-refractivity contribution in [1.29, 1.82) is 0 Å². The van der Waals surface area contributed by atoms with Crippen LogP contribution in [0.15, 0.2) is 0 Å². The van der Waals surface area contributed by atoms with Crippen LogP contribution in [0.3, 0.4) is 0 Å². The SMILES string of the molecule is CCN(CC1CCOC1)C(=O)C1(C(F)(F)F)CCNC1. The second-order valence-corrected chi connectivity index (χ2v) is 5.58. The largest absolute Gasteiger partial charge is 0.404 e. The van der Waals surface area contributed by atoms with Gasteiger partial charge in [0.1, 0.15) is 0 Å². The number of halogens is 3. The maximum Gasteiger partial charge on any atom is 0.404 e. The molecule has 0 saturated carbocycles. The van der Waals surface area contributed by atoms with Crippen molar-refractivity contribution in [2.75, 3.05) is 39.4 Å². The van der Waals surface area contributed by atoms with Crippen molar-refractivity contribution in [3.8, 4) is 0 Å². The number of ether oxygens (including phenoxy) is 1. The molecule has 0 bridgehead atoms. The summed E-state index contributed by atoms with van der Waals surface area (Å²) >= 11 is 0. The Balaban J connectivity index is 2.12. The topological polar surface area (TPSA) is 41.6 Å². The normalized spacial score (nSPS) is 30.7. The highest BCUT2D eigenvalue weighted by atomic mass is 19.4. The van der Waals surface area contributed by atoms with Crippen LogP contribution in [0.1, 0.15) is 19.8 Å². The molecule has 2 atom stereocenters. The van der Waals surface area contributed by atoms with Crippen molar-refractivity contribution >= 4 is 5.91 Å². The van der Waals surface area contributed by atoms with Crippen molar-refractivity contribution in [1.82, 2.24) is 10.2 Å². The smallest absolute Gasteiger partial charge is 0.381 e. The zero-order chi connectivity index (χ0) is 14.8. The van der Waals surface area contributed by atoms with Gasteiger partial charge in [0.25, 0.3) is 0 Å². The van der Waals surface area contributed by atoms with Crippen molar-refractivity contribution in [2.24, 2.45) is 11.3 Å². The molecule has 0 spiro atoms. The Morgan fingerprint density at radius 3 is 2.70 bits per heavy atom. The number of hydrogen-bond donors (Lipinski definition) is 1. The van der Waals surface area contributed by atoms with Gasteiger partial charge in [-0.25, -0.2) is 0 Å². The van der Waals surface area contributed by atoms with E-state index in [9.17, 15) is 18.0 Å². The van der Waals surface area contributed by atoms with Crippen LogP contribution < -0.4 is 5.32 Å². The standard InChI is InChI=1S/C13H21F3N2O2/c1-2-18(7-10-3-6-20-8-10)11(19)12(13(14,15)16)4-5-17-9-12/h10,17H,2-9H2,1H3. The molecule has 20 heavy (non-hydrogen) atoms. The van der Waals surface area contributed by atoms with Crippen molar-refractivity contribution in [3.05, 3.63) is 0 Å².